The lowest BCUT2D eigenvalue weighted by Gasteiger charge is -2.25. The average molecular weight is 417 g/mol. The van der Waals surface area contributed by atoms with E-state index in [4.69, 9.17) is 16.3 Å². The summed E-state index contributed by atoms with van der Waals surface area (Å²) < 4.78 is 5.07. The van der Waals surface area contributed by atoms with Gasteiger partial charge in [-0.3, -0.25) is 9.59 Å². The number of hydrogen-bond acceptors (Lipinski definition) is 4. The molecule has 2 atom stereocenters. The third-order valence-electron chi connectivity index (χ3n) is 4.85. The second-order valence-electron chi connectivity index (χ2n) is 7.50. The highest BCUT2D eigenvalue weighted by atomic mass is 35.5. The minimum Gasteiger partial charge on any atom is -0.425 e. The van der Waals surface area contributed by atoms with Crippen molar-refractivity contribution in [2.75, 3.05) is 20.6 Å². The van der Waals surface area contributed by atoms with Gasteiger partial charge in [0.2, 0.25) is 5.91 Å². The van der Waals surface area contributed by atoms with Crippen molar-refractivity contribution in [3.8, 4) is 5.75 Å². The molecular formula is C23H29ClN2O3. The molecule has 0 saturated carbocycles. The minimum atomic E-state index is -0.404. The highest BCUT2D eigenvalue weighted by molar-refractivity contribution is 6.32. The van der Waals surface area contributed by atoms with E-state index in [1.165, 1.54) is 6.92 Å². The number of hydrogen-bond donors (Lipinski definition) is 1. The van der Waals surface area contributed by atoms with Gasteiger partial charge < -0.3 is 15.0 Å². The third kappa shape index (κ3) is 7.52. The molecular weight excluding hydrogens is 388 g/mol. The Morgan fingerprint density at radius 1 is 1.14 bits per heavy atom. The van der Waals surface area contributed by atoms with Crippen LogP contribution in [-0.2, 0) is 16.0 Å². The first-order valence-corrected chi connectivity index (χ1v) is 10.1. The summed E-state index contributed by atoms with van der Waals surface area (Å²) in [6.45, 7) is 3.94. The van der Waals surface area contributed by atoms with Crippen LogP contribution in [0.3, 0.4) is 0 Å². The molecule has 0 bridgehead atoms. The first-order valence-electron chi connectivity index (χ1n) is 9.71. The predicted molar refractivity (Wildman–Crippen MR) is 116 cm³/mol. The summed E-state index contributed by atoms with van der Waals surface area (Å²) in [6.07, 6.45) is 1.16. The number of ether oxygens (including phenoxy) is 1. The topological polar surface area (TPSA) is 58.6 Å². The summed E-state index contributed by atoms with van der Waals surface area (Å²) in [5.41, 5.74) is 2.17. The number of carbonyl (C=O) groups excluding carboxylic acids is 2. The summed E-state index contributed by atoms with van der Waals surface area (Å²) in [4.78, 5) is 25.6. The van der Waals surface area contributed by atoms with Crippen molar-refractivity contribution >= 4 is 23.5 Å². The Labute approximate surface area is 178 Å². The van der Waals surface area contributed by atoms with Gasteiger partial charge in [0.25, 0.3) is 0 Å². The number of rotatable bonds is 9. The van der Waals surface area contributed by atoms with E-state index in [-0.39, 0.29) is 17.9 Å². The molecule has 2 aromatic carbocycles. The molecule has 0 aliphatic rings. The van der Waals surface area contributed by atoms with Crippen LogP contribution in [0.15, 0.2) is 48.5 Å². The SMILES string of the molecule is CC(=O)Oc1ccc(C[C@@H](CNC(=O)C[C@H](C)c2ccccc2)N(C)C)cc1Cl. The van der Waals surface area contributed by atoms with E-state index >= 15 is 0 Å². The Hall–Kier alpha value is -2.37. The zero-order valence-electron chi connectivity index (χ0n) is 17.4. The molecule has 5 nitrogen and oxygen atoms in total. The maximum Gasteiger partial charge on any atom is 0.308 e. The van der Waals surface area contributed by atoms with E-state index in [9.17, 15) is 9.59 Å². The number of likely N-dealkylation sites (N-methyl/N-ethyl adjacent to an activating group) is 1. The van der Waals surface area contributed by atoms with E-state index in [1.54, 1.807) is 12.1 Å². The molecule has 0 aromatic heterocycles. The zero-order chi connectivity index (χ0) is 21.4. The summed E-state index contributed by atoms with van der Waals surface area (Å²) >= 11 is 6.22. The second kappa shape index (κ2) is 11.0. The van der Waals surface area contributed by atoms with Crippen LogP contribution in [0.5, 0.6) is 5.75 Å². The molecule has 1 N–H and O–H groups in total. The van der Waals surface area contributed by atoms with Gasteiger partial charge in [0, 0.05) is 25.9 Å². The monoisotopic (exact) mass is 416 g/mol. The Morgan fingerprint density at radius 2 is 1.83 bits per heavy atom. The quantitative estimate of drug-likeness (QED) is 0.495. The lowest BCUT2D eigenvalue weighted by atomic mass is 9.97. The zero-order valence-corrected chi connectivity index (χ0v) is 18.2. The van der Waals surface area contributed by atoms with Crippen LogP contribution in [0.25, 0.3) is 0 Å². The second-order valence-corrected chi connectivity index (χ2v) is 7.91. The molecule has 156 valence electrons. The molecule has 0 unspecified atom stereocenters. The Bertz CT molecular complexity index is 824. The maximum atomic E-state index is 12.4. The first-order chi connectivity index (χ1) is 13.8. The normalized spacial score (nSPS) is 13.0. The van der Waals surface area contributed by atoms with Gasteiger partial charge in [-0.25, -0.2) is 0 Å². The van der Waals surface area contributed by atoms with Crippen molar-refractivity contribution in [2.24, 2.45) is 0 Å². The van der Waals surface area contributed by atoms with E-state index in [1.807, 2.05) is 50.5 Å². The maximum absolute atomic E-state index is 12.4. The Morgan fingerprint density at radius 3 is 2.41 bits per heavy atom. The molecule has 0 spiro atoms. The number of esters is 1. The molecule has 0 aliphatic heterocycles. The van der Waals surface area contributed by atoms with Crippen LogP contribution in [0.4, 0.5) is 0 Å². The van der Waals surface area contributed by atoms with Crippen LogP contribution >= 0.6 is 11.6 Å². The highest BCUT2D eigenvalue weighted by Crippen LogP contribution is 2.26. The molecule has 0 saturated heterocycles. The number of amides is 1. The van der Waals surface area contributed by atoms with Crippen LogP contribution < -0.4 is 10.1 Å². The molecule has 6 heteroatoms. The van der Waals surface area contributed by atoms with Gasteiger partial charge in [0.1, 0.15) is 5.75 Å². The molecule has 2 rings (SSSR count). The van der Waals surface area contributed by atoms with Crippen molar-refractivity contribution in [3.05, 3.63) is 64.7 Å². The molecule has 0 heterocycles. The molecule has 0 aliphatic carbocycles. The number of nitrogens with zero attached hydrogens (tertiary/aromatic N) is 1. The van der Waals surface area contributed by atoms with E-state index in [2.05, 4.69) is 17.1 Å². The van der Waals surface area contributed by atoms with Gasteiger partial charge in [0.05, 0.1) is 5.02 Å². The van der Waals surface area contributed by atoms with E-state index in [0.717, 1.165) is 11.1 Å². The fraction of sp³-hybridized carbons (Fsp3) is 0.391. The minimum absolute atomic E-state index is 0.0384. The highest BCUT2D eigenvalue weighted by Gasteiger charge is 2.17. The molecule has 0 fully saturated rings. The number of halogens is 1. The summed E-state index contributed by atoms with van der Waals surface area (Å²) in [7, 11) is 3.97. The van der Waals surface area contributed by atoms with Crippen LogP contribution in [0.2, 0.25) is 5.02 Å². The van der Waals surface area contributed by atoms with Crippen molar-refractivity contribution in [1.82, 2.24) is 10.2 Å². The number of nitrogens with one attached hydrogen (secondary N) is 1. The van der Waals surface area contributed by atoms with Crippen molar-refractivity contribution in [3.63, 3.8) is 0 Å². The van der Waals surface area contributed by atoms with Gasteiger partial charge in [-0.05, 0) is 49.7 Å². The van der Waals surface area contributed by atoms with E-state index in [0.29, 0.717) is 30.2 Å². The van der Waals surface area contributed by atoms with Crippen molar-refractivity contribution in [1.29, 1.82) is 0 Å². The molecule has 1 amide bonds. The van der Waals surface area contributed by atoms with Gasteiger partial charge in [0.15, 0.2) is 0 Å². The molecule has 2 aromatic rings. The van der Waals surface area contributed by atoms with Gasteiger partial charge in [-0.15, -0.1) is 0 Å². The Kier molecular flexibility index (Phi) is 8.68. The summed E-state index contributed by atoms with van der Waals surface area (Å²) in [5.74, 6) is 0.156. The average Bonchev–Trinajstić information content (AvgIpc) is 2.67. The van der Waals surface area contributed by atoms with Crippen molar-refractivity contribution < 1.29 is 14.3 Å². The van der Waals surface area contributed by atoms with Crippen LogP contribution in [0.1, 0.15) is 37.3 Å². The lowest BCUT2D eigenvalue weighted by molar-refractivity contribution is -0.131. The predicted octanol–water partition coefficient (Wildman–Crippen LogP) is 4.05. The molecule has 29 heavy (non-hydrogen) atoms. The lowest BCUT2D eigenvalue weighted by Crippen LogP contribution is -2.41. The van der Waals surface area contributed by atoms with Gasteiger partial charge >= 0.3 is 5.97 Å². The Balaban J connectivity index is 1.92. The third-order valence-corrected chi connectivity index (χ3v) is 5.14. The fourth-order valence-electron chi connectivity index (χ4n) is 3.10. The van der Waals surface area contributed by atoms with Gasteiger partial charge in [-0.2, -0.15) is 0 Å². The molecule has 0 radical (unpaired) electrons. The summed E-state index contributed by atoms with van der Waals surface area (Å²) in [5, 5.41) is 3.45. The van der Waals surface area contributed by atoms with E-state index < -0.39 is 5.97 Å². The smallest absolute Gasteiger partial charge is 0.308 e. The standard InChI is InChI=1S/C23H29ClN2O3/c1-16(19-8-6-5-7-9-19)12-23(28)25-15-20(26(3)4)13-18-10-11-22(21(24)14-18)29-17(2)27/h5-11,14,16,20H,12-13,15H2,1-4H3,(H,25,28)/t16-,20-/m0/s1. The first kappa shape index (κ1) is 22.9. The van der Waals surface area contributed by atoms with Crippen LogP contribution in [-0.4, -0.2) is 43.5 Å². The van der Waals surface area contributed by atoms with Gasteiger partial charge in [-0.1, -0.05) is 54.9 Å². The van der Waals surface area contributed by atoms with Crippen molar-refractivity contribution in [2.45, 2.75) is 38.6 Å². The number of carbonyl (C=O) groups is 2. The number of benzene rings is 2. The van der Waals surface area contributed by atoms with Crippen LogP contribution in [0, 0.1) is 0 Å². The summed E-state index contributed by atoms with van der Waals surface area (Å²) in [6, 6.07) is 15.5. The largest absolute Gasteiger partial charge is 0.425 e. The fourth-order valence-corrected chi connectivity index (χ4v) is 3.34.